The second-order valence-electron chi connectivity index (χ2n) is 16.7. The molecule has 0 spiro atoms. The Morgan fingerprint density at radius 1 is 0.344 bits per heavy atom. The molecular formula is C55H94O6. The molecule has 6 heteroatoms. The van der Waals surface area contributed by atoms with Gasteiger partial charge in [-0.2, -0.15) is 0 Å². The number of rotatable bonds is 45. The van der Waals surface area contributed by atoms with E-state index in [1.807, 2.05) is 0 Å². The largest absolute Gasteiger partial charge is 0.462 e. The Labute approximate surface area is 376 Å². The highest BCUT2D eigenvalue weighted by atomic mass is 16.6. The highest BCUT2D eigenvalue weighted by molar-refractivity contribution is 5.71. The lowest BCUT2D eigenvalue weighted by Crippen LogP contribution is -2.30. The Bertz CT molecular complexity index is 1160. The molecule has 0 aliphatic rings. The van der Waals surface area contributed by atoms with Crippen molar-refractivity contribution in [2.75, 3.05) is 13.2 Å². The summed E-state index contributed by atoms with van der Waals surface area (Å²) in [5, 5.41) is 0. The molecule has 0 rings (SSSR count). The summed E-state index contributed by atoms with van der Waals surface area (Å²) in [4.78, 5) is 37.9. The lowest BCUT2D eigenvalue weighted by atomic mass is 10.1. The third-order valence-corrected chi connectivity index (χ3v) is 10.6. The molecule has 0 fully saturated rings. The fraction of sp³-hybridized carbons (Fsp3) is 0.727. The van der Waals surface area contributed by atoms with Crippen LogP contribution in [0.5, 0.6) is 0 Å². The number of unbranched alkanes of at least 4 members (excludes halogenated alkanes) is 22. The van der Waals surface area contributed by atoms with Gasteiger partial charge >= 0.3 is 17.9 Å². The Hall–Kier alpha value is -3.15. The van der Waals surface area contributed by atoms with E-state index in [2.05, 4.69) is 93.7 Å². The third kappa shape index (κ3) is 47.7. The summed E-state index contributed by atoms with van der Waals surface area (Å²) >= 11 is 0. The molecule has 0 aliphatic heterocycles. The first-order chi connectivity index (χ1) is 30.0. The maximum Gasteiger partial charge on any atom is 0.306 e. The number of esters is 3. The van der Waals surface area contributed by atoms with Gasteiger partial charge in [-0.3, -0.25) is 14.4 Å². The molecule has 0 aromatic carbocycles. The van der Waals surface area contributed by atoms with Gasteiger partial charge in [-0.1, -0.05) is 190 Å². The van der Waals surface area contributed by atoms with E-state index in [0.717, 1.165) is 128 Å². The molecule has 0 N–H and O–H groups in total. The van der Waals surface area contributed by atoms with Gasteiger partial charge in [0.05, 0.1) is 0 Å². The molecule has 0 aromatic rings. The van der Waals surface area contributed by atoms with Crippen molar-refractivity contribution in [2.24, 2.45) is 0 Å². The van der Waals surface area contributed by atoms with Crippen molar-refractivity contribution in [3.8, 4) is 0 Å². The lowest BCUT2D eigenvalue weighted by Gasteiger charge is -2.18. The average molecular weight is 851 g/mol. The molecule has 0 radical (unpaired) electrons. The number of hydrogen-bond donors (Lipinski definition) is 0. The van der Waals surface area contributed by atoms with Crippen LogP contribution in [0, 0.1) is 0 Å². The van der Waals surface area contributed by atoms with Crippen LogP contribution >= 0.6 is 0 Å². The van der Waals surface area contributed by atoms with Gasteiger partial charge in [0, 0.05) is 19.3 Å². The fourth-order valence-corrected chi connectivity index (χ4v) is 6.84. The van der Waals surface area contributed by atoms with Crippen molar-refractivity contribution in [2.45, 2.75) is 245 Å². The summed E-state index contributed by atoms with van der Waals surface area (Å²) in [6.07, 6.45) is 61.7. The molecule has 0 saturated heterocycles. The molecule has 0 amide bonds. The van der Waals surface area contributed by atoms with Crippen LogP contribution in [-0.2, 0) is 28.6 Å². The predicted molar refractivity (Wildman–Crippen MR) is 261 cm³/mol. The maximum absolute atomic E-state index is 12.8. The van der Waals surface area contributed by atoms with Gasteiger partial charge in [0.1, 0.15) is 13.2 Å². The zero-order valence-electron chi connectivity index (χ0n) is 39.9. The molecule has 0 saturated carbocycles. The molecule has 61 heavy (non-hydrogen) atoms. The van der Waals surface area contributed by atoms with Gasteiger partial charge in [-0.15, -0.1) is 0 Å². The average Bonchev–Trinajstić information content (AvgIpc) is 3.26. The Balaban J connectivity index is 4.38. The van der Waals surface area contributed by atoms with E-state index in [1.54, 1.807) is 0 Å². The molecule has 0 aromatic heterocycles. The SMILES string of the molecule is CC/C=C\C/C=C\C/C=C\CCCCCCCC(=O)OC(COC(=O)CCCCCCC/C=C\CCC)COC(=O)CCCCCCCCC/C=C\C/C=C\CCCCCC. The van der Waals surface area contributed by atoms with Crippen LogP contribution in [0.25, 0.3) is 0 Å². The Morgan fingerprint density at radius 3 is 1.08 bits per heavy atom. The second-order valence-corrected chi connectivity index (χ2v) is 16.7. The first kappa shape index (κ1) is 57.9. The highest BCUT2D eigenvalue weighted by Gasteiger charge is 2.19. The van der Waals surface area contributed by atoms with Crippen molar-refractivity contribution in [1.82, 2.24) is 0 Å². The molecule has 1 atom stereocenters. The minimum absolute atomic E-state index is 0.0897. The van der Waals surface area contributed by atoms with E-state index >= 15 is 0 Å². The predicted octanol–water partition coefficient (Wildman–Crippen LogP) is 16.6. The summed E-state index contributed by atoms with van der Waals surface area (Å²) in [6.45, 7) is 6.42. The number of ether oxygens (including phenoxy) is 3. The van der Waals surface area contributed by atoms with Crippen LogP contribution in [0.1, 0.15) is 239 Å². The summed E-state index contributed by atoms with van der Waals surface area (Å²) in [5.41, 5.74) is 0. The van der Waals surface area contributed by atoms with E-state index in [9.17, 15) is 14.4 Å². The minimum Gasteiger partial charge on any atom is -0.462 e. The normalized spacial score (nSPS) is 12.6. The molecule has 6 nitrogen and oxygen atoms in total. The maximum atomic E-state index is 12.8. The second kappa shape index (κ2) is 49.5. The smallest absolute Gasteiger partial charge is 0.306 e. The van der Waals surface area contributed by atoms with Crippen molar-refractivity contribution >= 4 is 17.9 Å². The topological polar surface area (TPSA) is 78.9 Å². The van der Waals surface area contributed by atoms with Crippen LogP contribution in [-0.4, -0.2) is 37.2 Å². The van der Waals surface area contributed by atoms with Crippen molar-refractivity contribution in [3.05, 3.63) is 72.9 Å². The van der Waals surface area contributed by atoms with Crippen LogP contribution in [0.3, 0.4) is 0 Å². The standard InChI is InChI=1S/C55H94O6/c1-4-7-10-13-16-19-22-24-26-27-28-30-31-33-36-39-42-45-48-54(57)60-51-52(50-59-53(56)47-44-41-38-35-21-18-15-12-9-6-3)61-55(58)49-46-43-40-37-34-32-29-25-23-20-17-14-11-8-5-2/h8,11-12,15,17,19-20,22,25-27,29,52H,4-7,9-10,13-14,16,18,21,23-24,28,30-51H2,1-3H3/b11-8-,15-12-,20-17-,22-19-,27-26-,29-25-. The summed E-state index contributed by atoms with van der Waals surface area (Å²) in [6, 6.07) is 0. The zero-order valence-corrected chi connectivity index (χ0v) is 39.9. The van der Waals surface area contributed by atoms with Gasteiger partial charge in [-0.05, 0) is 103 Å². The van der Waals surface area contributed by atoms with Crippen molar-refractivity contribution in [3.63, 3.8) is 0 Å². The number of carbonyl (C=O) groups is 3. The monoisotopic (exact) mass is 851 g/mol. The molecular weight excluding hydrogens is 757 g/mol. The molecule has 0 bridgehead atoms. The molecule has 0 heterocycles. The van der Waals surface area contributed by atoms with Gasteiger partial charge in [0.25, 0.3) is 0 Å². The Morgan fingerprint density at radius 2 is 0.672 bits per heavy atom. The quantitative estimate of drug-likeness (QED) is 0.0263. The van der Waals surface area contributed by atoms with E-state index in [-0.39, 0.29) is 31.1 Å². The first-order valence-corrected chi connectivity index (χ1v) is 25.4. The zero-order chi connectivity index (χ0) is 44.4. The van der Waals surface area contributed by atoms with Gasteiger partial charge in [-0.25, -0.2) is 0 Å². The van der Waals surface area contributed by atoms with Gasteiger partial charge in [0.2, 0.25) is 0 Å². The van der Waals surface area contributed by atoms with Crippen LogP contribution in [0.2, 0.25) is 0 Å². The molecule has 350 valence electrons. The number of hydrogen-bond acceptors (Lipinski definition) is 6. The van der Waals surface area contributed by atoms with E-state index in [0.29, 0.717) is 19.3 Å². The van der Waals surface area contributed by atoms with Gasteiger partial charge < -0.3 is 14.2 Å². The van der Waals surface area contributed by atoms with Crippen molar-refractivity contribution in [1.29, 1.82) is 0 Å². The summed E-state index contributed by atoms with van der Waals surface area (Å²) in [5.74, 6) is -0.925. The number of allylic oxidation sites excluding steroid dienone is 12. The van der Waals surface area contributed by atoms with Crippen LogP contribution < -0.4 is 0 Å². The van der Waals surface area contributed by atoms with Crippen molar-refractivity contribution < 1.29 is 28.6 Å². The van der Waals surface area contributed by atoms with E-state index in [1.165, 1.54) is 70.6 Å². The Kier molecular flexibility index (Phi) is 46.9. The van der Waals surface area contributed by atoms with E-state index in [4.69, 9.17) is 14.2 Å². The fourth-order valence-electron chi connectivity index (χ4n) is 6.84. The number of carbonyl (C=O) groups excluding carboxylic acids is 3. The third-order valence-electron chi connectivity index (χ3n) is 10.6. The van der Waals surface area contributed by atoms with Crippen LogP contribution in [0.4, 0.5) is 0 Å². The summed E-state index contributed by atoms with van der Waals surface area (Å²) < 4.78 is 16.7. The van der Waals surface area contributed by atoms with Gasteiger partial charge in [0.15, 0.2) is 6.10 Å². The molecule has 1 unspecified atom stereocenters. The highest BCUT2D eigenvalue weighted by Crippen LogP contribution is 2.14. The van der Waals surface area contributed by atoms with E-state index < -0.39 is 6.10 Å². The summed E-state index contributed by atoms with van der Waals surface area (Å²) in [7, 11) is 0. The molecule has 0 aliphatic carbocycles. The minimum atomic E-state index is -0.790. The van der Waals surface area contributed by atoms with Crippen LogP contribution in [0.15, 0.2) is 72.9 Å². The lowest BCUT2D eigenvalue weighted by molar-refractivity contribution is -0.167. The first-order valence-electron chi connectivity index (χ1n) is 25.4.